The maximum atomic E-state index is 12.4. The lowest BCUT2D eigenvalue weighted by Crippen LogP contribution is -2.45. The monoisotopic (exact) mass is 295 g/mol. The van der Waals surface area contributed by atoms with Gasteiger partial charge in [0.05, 0.1) is 12.8 Å². The molecular formula is C15H18ClNO3. The van der Waals surface area contributed by atoms with Crippen LogP contribution in [-0.2, 0) is 16.0 Å². The quantitative estimate of drug-likeness (QED) is 0.929. The lowest BCUT2D eigenvalue weighted by molar-refractivity contribution is -0.141. The molecule has 1 amide bonds. The first kappa shape index (κ1) is 14.9. The summed E-state index contributed by atoms with van der Waals surface area (Å²) in [6.45, 7) is 0.640. The second kappa shape index (κ2) is 6.75. The van der Waals surface area contributed by atoms with Crippen LogP contribution in [0.3, 0.4) is 0 Å². The summed E-state index contributed by atoms with van der Waals surface area (Å²) in [5.41, 5.74) is 0.791. The van der Waals surface area contributed by atoms with Crippen LogP contribution in [0.25, 0.3) is 0 Å². The minimum atomic E-state index is -0.854. The average Bonchev–Trinajstić information content (AvgIpc) is 2.41. The number of nitrogens with zero attached hydrogens (tertiary/aromatic N) is 1. The average molecular weight is 296 g/mol. The van der Waals surface area contributed by atoms with Crippen molar-refractivity contribution in [2.45, 2.75) is 38.1 Å². The van der Waals surface area contributed by atoms with Gasteiger partial charge in [0.15, 0.2) is 0 Å². The van der Waals surface area contributed by atoms with E-state index in [1.807, 2.05) is 18.2 Å². The van der Waals surface area contributed by atoms with Crippen molar-refractivity contribution in [1.29, 1.82) is 0 Å². The molecule has 1 unspecified atom stereocenters. The van der Waals surface area contributed by atoms with Gasteiger partial charge < -0.3 is 10.0 Å². The first-order valence-electron chi connectivity index (χ1n) is 6.82. The molecule has 0 aromatic heterocycles. The summed E-state index contributed by atoms with van der Waals surface area (Å²) in [5, 5.41) is 9.52. The number of rotatable bonds is 4. The molecule has 0 spiro atoms. The zero-order chi connectivity index (χ0) is 14.5. The highest BCUT2D eigenvalue weighted by atomic mass is 35.5. The second-order valence-electron chi connectivity index (χ2n) is 5.10. The predicted octanol–water partition coefficient (Wildman–Crippen LogP) is 2.74. The minimum Gasteiger partial charge on any atom is -0.481 e. The molecule has 1 aliphatic heterocycles. The number of aliphatic carboxylic acids is 1. The van der Waals surface area contributed by atoms with Gasteiger partial charge in [-0.15, -0.1) is 0 Å². The van der Waals surface area contributed by atoms with Crippen molar-refractivity contribution >= 4 is 23.5 Å². The normalized spacial score (nSPS) is 18.9. The van der Waals surface area contributed by atoms with Crippen LogP contribution in [-0.4, -0.2) is 34.5 Å². The number of amides is 1. The lowest BCUT2D eigenvalue weighted by atomic mass is 9.98. The Morgan fingerprint density at radius 2 is 2.05 bits per heavy atom. The summed E-state index contributed by atoms with van der Waals surface area (Å²) in [5.74, 6) is -0.892. The van der Waals surface area contributed by atoms with Gasteiger partial charge in [0.2, 0.25) is 5.91 Å². The van der Waals surface area contributed by atoms with Crippen molar-refractivity contribution in [3.05, 3.63) is 34.9 Å². The summed E-state index contributed by atoms with van der Waals surface area (Å²) in [7, 11) is 0. The molecule has 0 saturated carbocycles. The molecule has 20 heavy (non-hydrogen) atoms. The fourth-order valence-electron chi connectivity index (χ4n) is 2.65. The van der Waals surface area contributed by atoms with Crippen molar-refractivity contribution < 1.29 is 14.7 Å². The van der Waals surface area contributed by atoms with Crippen LogP contribution in [0, 0.1) is 0 Å². The smallest absolute Gasteiger partial charge is 0.305 e. The van der Waals surface area contributed by atoms with E-state index in [0.29, 0.717) is 11.6 Å². The molecule has 1 heterocycles. The molecule has 1 fully saturated rings. The summed E-state index contributed by atoms with van der Waals surface area (Å²) in [6.07, 6.45) is 2.93. The fourth-order valence-corrected chi connectivity index (χ4v) is 2.85. The zero-order valence-electron chi connectivity index (χ0n) is 11.2. The third kappa shape index (κ3) is 3.73. The molecule has 1 aliphatic rings. The van der Waals surface area contributed by atoms with E-state index in [1.54, 1.807) is 11.0 Å². The number of hydrogen-bond donors (Lipinski definition) is 1. The van der Waals surface area contributed by atoms with Gasteiger partial charge in [-0.1, -0.05) is 29.8 Å². The largest absolute Gasteiger partial charge is 0.481 e. The highest BCUT2D eigenvalue weighted by Crippen LogP contribution is 2.22. The lowest BCUT2D eigenvalue weighted by Gasteiger charge is -2.35. The van der Waals surface area contributed by atoms with Crippen LogP contribution in [0.1, 0.15) is 31.2 Å². The van der Waals surface area contributed by atoms with Crippen LogP contribution in [0.4, 0.5) is 0 Å². The van der Waals surface area contributed by atoms with E-state index in [0.717, 1.165) is 24.8 Å². The summed E-state index contributed by atoms with van der Waals surface area (Å²) < 4.78 is 0. The van der Waals surface area contributed by atoms with Gasteiger partial charge >= 0.3 is 5.97 Å². The number of carboxylic acid groups (broad SMARTS) is 1. The van der Waals surface area contributed by atoms with E-state index in [-0.39, 0.29) is 24.8 Å². The Labute approximate surface area is 123 Å². The first-order valence-corrected chi connectivity index (χ1v) is 7.20. The van der Waals surface area contributed by atoms with E-state index in [4.69, 9.17) is 16.7 Å². The van der Waals surface area contributed by atoms with Crippen LogP contribution < -0.4 is 0 Å². The Morgan fingerprint density at radius 1 is 1.30 bits per heavy atom. The number of carboxylic acids is 1. The maximum absolute atomic E-state index is 12.4. The number of carbonyl (C=O) groups excluding carboxylic acids is 1. The van der Waals surface area contributed by atoms with E-state index in [2.05, 4.69) is 0 Å². The molecule has 2 rings (SSSR count). The van der Waals surface area contributed by atoms with E-state index < -0.39 is 5.97 Å². The molecule has 1 atom stereocenters. The molecule has 0 bridgehead atoms. The van der Waals surface area contributed by atoms with Crippen LogP contribution in [0.5, 0.6) is 0 Å². The fraction of sp³-hybridized carbons (Fsp3) is 0.467. The van der Waals surface area contributed by atoms with Gasteiger partial charge in [-0.2, -0.15) is 0 Å². The Kier molecular flexibility index (Phi) is 5.01. The number of carbonyl (C=O) groups is 2. The molecule has 4 nitrogen and oxygen atoms in total. The van der Waals surface area contributed by atoms with Gasteiger partial charge in [-0.05, 0) is 30.9 Å². The molecule has 0 aliphatic carbocycles. The molecule has 1 aromatic rings. The third-order valence-corrected chi connectivity index (χ3v) is 4.03. The molecule has 5 heteroatoms. The van der Waals surface area contributed by atoms with Crippen LogP contribution in [0.2, 0.25) is 5.02 Å². The summed E-state index contributed by atoms with van der Waals surface area (Å²) in [4.78, 5) is 25.0. The molecule has 0 radical (unpaired) electrons. The van der Waals surface area contributed by atoms with Crippen LogP contribution >= 0.6 is 11.6 Å². The molecular weight excluding hydrogens is 278 g/mol. The topological polar surface area (TPSA) is 57.6 Å². The minimum absolute atomic E-state index is 0.0221. The second-order valence-corrected chi connectivity index (χ2v) is 5.51. The number of piperidine rings is 1. The molecule has 108 valence electrons. The van der Waals surface area contributed by atoms with Crippen molar-refractivity contribution in [3.8, 4) is 0 Å². The number of halogens is 1. The van der Waals surface area contributed by atoms with Gasteiger partial charge in [0, 0.05) is 17.6 Å². The number of benzene rings is 1. The summed E-state index contributed by atoms with van der Waals surface area (Å²) in [6, 6.07) is 7.08. The van der Waals surface area contributed by atoms with E-state index in [9.17, 15) is 9.59 Å². The third-order valence-electron chi connectivity index (χ3n) is 3.66. The Hall–Kier alpha value is -1.55. The SMILES string of the molecule is O=C(O)CC1CCCCN1C(=O)Cc1ccccc1Cl. The number of likely N-dealkylation sites (tertiary alicyclic amines) is 1. The highest BCUT2D eigenvalue weighted by molar-refractivity contribution is 6.31. The summed E-state index contributed by atoms with van der Waals surface area (Å²) >= 11 is 6.06. The zero-order valence-corrected chi connectivity index (χ0v) is 12.0. The van der Waals surface area contributed by atoms with Gasteiger partial charge in [0.1, 0.15) is 0 Å². The molecule has 1 aromatic carbocycles. The van der Waals surface area contributed by atoms with Gasteiger partial charge in [0.25, 0.3) is 0 Å². The van der Waals surface area contributed by atoms with Crippen molar-refractivity contribution in [2.75, 3.05) is 6.54 Å². The standard InChI is InChI=1S/C15H18ClNO3/c16-13-7-2-1-5-11(13)9-14(18)17-8-4-3-6-12(17)10-15(19)20/h1-2,5,7,12H,3-4,6,8-10H2,(H,19,20). The predicted molar refractivity (Wildman–Crippen MR) is 76.8 cm³/mol. The Morgan fingerprint density at radius 3 is 2.75 bits per heavy atom. The Bertz CT molecular complexity index is 504. The first-order chi connectivity index (χ1) is 9.58. The number of hydrogen-bond acceptors (Lipinski definition) is 2. The van der Waals surface area contributed by atoms with E-state index in [1.165, 1.54) is 0 Å². The highest BCUT2D eigenvalue weighted by Gasteiger charge is 2.28. The molecule has 1 saturated heterocycles. The van der Waals surface area contributed by atoms with Gasteiger partial charge in [-0.3, -0.25) is 9.59 Å². The van der Waals surface area contributed by atoms with Gasteiger partial charge in [-0.25, -0.2) is 0 Å². The van der Waals surface area contributed by atoms with Crippen molar-refractivity contribution in [2.24, 2.45) is 0 Å². The molecule has 1 N–H and O–H groups in total. The van der Waals surface area contributed by atoms with Crippen molar-refractivity contribution in [1.82, 2.24) is 4.90 Å². The van der Waals surface area contributed by atoms with Crippen LogP contribution in [0.15, 0.2) is 24.3 Å². The maximum Gasteiger partial charge on any atom is 0.305 e. The van der Waals surface area contributed by atoms with Crippen molar-refractivity contribution in [3.63, 3.8) is 0 Å². The van der Waals surface area contributed by atoms with E-state index >= 15 is 0 Å². The Balaban J connectivity index is 2.06.